The zero-order valence-corrected chi connectivity index (χ0v) is 18.9. The van der Waals surface area contributed by atoms with Gasteiger partial charge in [0.15, 0.2) is 0 Å². The molecule has 7 heteroatoms. The Hall–Kier alpha value is -2.11. The van der Waals surface area contributed by atoms with E-state index in [0.29, 0.717) is 17.0 Å². The zero-order chi connectivity index (χ0) is 22.3. The molecule has 4 nitrogen and oxygen atoms in total. The summed E-state index contributed by atoms with van der Waals surface area (Å²) in [5, 5.41) is 3.61. The second-order valence-electron chi connectivity index (χ2n) is 7.23. The lowest BCUT2D eigenvalue weighted by Crippen LogP contribution is -2.51. The monoisotopic (exact) mass is 452 g/mol. The van der Waals surface area contributed by atoms with Crippen LogP contribution in [0.3, 0.4) is 0 Å². The summed E-state index contributed by atoms with van der Waals surface area (Å²) in [6.07, 6.45) is 0.929. The third-order valence-corrected chi connectivity index (χ3v) is 5.80. The summed E-state index contributed by atoms with van der Waals surface area (Å²) >= 11 is 12.4. The third-order valence-electron chi connectivity index (χ3n) is 5.08. The molecule has 0 aliphatic rings. The Morgan fingerprint density at radius 3 is 2.30 bits per heavy atom. The predicted molar refractivity (Wildman–Crippen MR) is 119 cm³/mol. The van der Waals surface area contributed by atoms with E-state index in [9.17, 15) is 14.0 Å². The molecule has 0 aromatic heterocycles. The summed E-state index contributed by atoms with van der Waals surface area (Å²) in [4.78, 5) is 27.6. The number of halogens is 3. The smallest absolute Gasteiger partial charge is 0.243 e. The van der Waals surface area contributed by atoms with Crippen molar-refractivity contribution in [1.29, 1.82) is 0 Å². The number of nitrogens with one attached hydrogen (secondary N) is 1. The van der Waals surface area contributed by atoms with Crippen molar-refractivity contribution in [2.24, 2.45) is 0 Å². The van der Waals surface area contributed by atoms with E-state index in [1.165, 1.54) is 17.0 Å². The number of carbonyl (C=O) groups is 2. The van der Waals surface area contributed by atoms with Crippen molar-refractivity contribution in [2.45, 2.75) is 58.7 Å². The lowest BCUT2D eigenvalue weighted by Gasteiger charge is -2.32. The minimum atomic E-state index is -0.715. The molecule has 30 heavy (non-hydrogen) atoms. The molecule has 1 N–H and O–H groups in total. The van der Waals surface area contributed by atoms with Crippen LogP contribution in [0.15, 0.2) is 42.5 Å². The molecule has 0 aliphatic heterocycles. The van der Waals surface area contributed by atoms with E-state index >= 15 is 0 Å². The zero-order valence-electron chi connectivity index (χ0n) is 17.4. The highest BCUT2D eigenvalue weighted by Gasteiger charge is 2.30. The molecule has 0 bridgehead atoms. The maximum Gasteiger partial charge on any atom is 0.243 e. The van der Waals surface area contributed by atoms with Gasteiger partial charge in [-0.3, -0.25) is 9.59 Å². The van der Waals surface area contributed by atoms with Crippen LogP contribution in [0.25, 0.3) is 0 Å². The van der Waals surface area contributed by atoms with Gasteiger partial charge in [0.2, 0.25) is 11.8 Å². The first kappa shape index (κ1) is 24.2. The van der Waals surface area contributed by atoms with Gasteiger partial charge in [0, 0.05) is 28.2 Å². The van der Waals surface area contributed by atoms with Gasteiger partial charge in [-0.25, -0.2) is 4.39 Å². The van der Waals surface area contributed by atoms with E-state index in [4.69, 9.17) is 23.2 Å². The molecule has 0 saturated carbocycles. The largest absolute Gasteiger partial charge is 0.352 e. The number of amides is 2. The topological polar surface area (TPSA) is 49.4 Å². The first-order valence-corrected chi connectivity index (χ1v) is 10.8. The van der Waals surface area contributed by atoms with Crippen molar-refractivity contribution in [3.63, 3.8) is 0 Å². The van der Waals surface area contributed by atoms with Gasteiger partial charge in [-0.15, -0.1) is 0 Å². The fraction of sp³-hybridized carbons (Fsp3) is 0.391. The van der Waals surface area contributed by atoms with Crippen LogP contribution < -0.4 is 5.32 Å². The molecular weight excluding hydrogens is 426 g/mol. The van der Waals surface area contributed by atoms with E-state index in [-0.39, 0.29) is 35.5 Å². The Balaban J connectivity index is 2.37. The van der Waals surface area contributed by atoms with Gasteiger partial charge in [0.1, 0.15) is 11.9 Å². The molecule has 0 radical (unpaired) electrons. The molecule has 0 fully saturated rings. The van der Waals surface area contributed by atoms with E-state index in [1.54, 1.807) is 24.3 Å². The Kier molecular flexibility index (Phi) is 9.12. The molecule has 2 aromatic rings. The van der Waals surface area contributed by atoms with Gasteiger partial charge in [0.25, 0.3) is 0 Å². The number of benzene rings is 2. The normalized spacial score (nSPS) is 12.9. The summed E-state index contributed by atoms with van der Waals surface area (Å²) in [7, 11) is 0. The second kappa shape index (κ2) is 11.3. The highest BCUT2D eigenvalue weighted by atomic mass is 35.5. The van der Waals surface area contributed by atoms with E-state index in [0.717, 1.165) is 6.42 Å². The van der Waals surface area contributed by atoms with Crippen LogP contribution in [0.1, 0.15) is 44.7 Å². The van der Waals surface area contributed by atoms with Crippen LogP contribution in [0.4, 0.5) is 4.39 Å². The highest BCUT2D eigenvalue weighted by molar-refractivity contribution is 6.31. The first-order valence-electron chi connectivity index (χ1n) is 10.0. The molecule has 0 spiro atoms. The number of hydrogen-bond donors (Lipinski definition) is 1. The van der Waals surface area contributed by atoms with Gasteiger partial charge >= 0.3 is 0 Å². The summed E-state index contributed by atoms with van der Waals surface area (Å²) in [6, 6.07) is 10.7. The van der Waals surface area contributed by atoms with E-state index < -0.39 is 17.8 Å². The Morgan fingerprint density at radius 2 is 1.70 bits per heavy atom. The van der Waals surface area contributed by atoms with Crippen molar-refractivity contribution in [3.05, 3.63) is 69.5 Å². The van der Waals surface area contributed by atoms with Crippen LogP contribution in [0.5, 0.6) is 0 Å². The molecule has 0 unspecified atom stereocenters. The van der Waals surface area contributed by atoms with Gasteiger partial charge in [0.05, 0.1) is 6.42 Å². The highest BCUT2D eigenvalue weighted by Crippen LogP contribution is 2.24. The van der Waals surface area contributed by atoms with Crippen LogP contribution in [0, 0.1) is 5.82 Å². The molecule has 0 aliphatic carbocycles. The molecule has 2 amide bonds. The van der Waals surface area contributed by atoms with Crippen LogP contribution >= 0.6 is 23.2 Å². The quantitative estimate of drug-likeness (QED) is 0.553. The minimum Gasteiger partial charge on any atom is -0.352 e. The second-order valence-corrected chi connectivity index (χ2v) is 8.05. The van der Waals surface area contributed by atoms with Crippen molar-refractivity contribution >= 4 is 35.0 Å². The lowest BCUT2D eigenvalue weighted by atomic mass is 10.1. The van der Waals surface area contributed by atoms with Crippen molar-refractivity contribution in [3.8, 4) is 0 Å². The lowest BCUT2D eigenvalue weighted by molar-refractivity contribution is -0.141. The van der Waals surface area contributed by atoms with Gasteiger partial charge in [-0.05, 0) is 43.5 Å². The summed E-state index contributed by atoms with van der Waals surface area (Å²) in [5.74, 6) is -1.19. The van der Waals surface area contributed by atoms with Crippen molar-refractivity contribution in [1.82, 2.24) is 10.2 Å². The van der Waals surface area contributed by atoms with Gasteiger partial charge in [-0.2, -0.15) is 0 Å². The number of hydrogen-bond acceptors (Lipinski definition) is 2. The summed E-state index contributed by atoms with van der Waals surface area (Å²) in [6.45, 7) is 5.85. The average molecular weight is 453 g/mol. The van der Waals surface area contributed by atoms with Gasteiger partial charge < -0.3 is 10.2 Å². The SMILES string of the molecule is CC[C@H](C)NC(=O)[C@H](CC)N(Cc1ccccc1Cl)C(=O)Cc1c(F)cccc1Cl. The standard InChI is InChI=1S/C23H27Cl2FN2O2/c1-4-15(3)27-23(30)21(5-2)28(14-16-9-6-7-10-18(16)24)22(29)13-17-19(25)11-8-12-20(17)26/h6-12,15,21H,4-5,13-14H2,1-3H3,(H,27,30)/t15-,21-/m0/s1. The first-order chi connectivity index (χ1) is 14.3. The number of rotatable bonds is 9. The van der Waals surface area contributed by atoms with Crippen LogP contribution in [0.2, 0.25) is 10.0 Å². The Morgan fingerprint density at radius 1 is 1.03 bits per heavy atom. The van der Waals surface area contributed by atoms with Crippen LogP contribution in [-0.2, 0) is 22.6 Å². The minimum absolute atomic E-state index is 0.0233. The molecule has 2 aromatic carbocycles. The Labute approximate surface area is 187 Å². The average Bonchev–Trinajstić information content (AvgIpc) is 2.71. The van der Waals surface area contributed by atoms with Gasteiger partial charge in [-0.1, -0.05) is 61.3 Å². The predicted octanol–water partition coefficient (Wildman–Crippen LogP) is 5.40. The fourth-order valence-corrected chi connectivity index (χ4v) is 3.55. The molecule has 162 valence electrons. The van der Waals surface area contributed by atoms with E-state index in [2.05, 4.69) is 5.32 Å². The number of carbonyl (C=O) groups excluding carboxylic acids is 2. The maximum absolute atomic E-state index is 14.3. The molecular formula is C23H27Cl2FN2O2. The molecule has 2 atom stereocenters. The molecule has 0 heterocycles. The summed E-state index contributed by atoms with van der Waals surface area (Å²) in [5.41, 5.74) is 0.826. The molecule has 2 rings (SSSR count). The summed E-state index contributed by atoms with van der Waals surface area (Å²) < 4.78 is 14.3. The fourth-order valence-electron chi connectivity index (χ4n) is 3.12. The van der Waals surface area contributed by atoms with Crippen molar-refractivity contribution < 1.29 is 14.0 Å². The number of nitrogens with zero attached hydrogens (tertiary/aromatic N) is 1. The van der Waals surface area contributed by atoms with Crippen molar-refractivity contribution in [2.75, 3.05) is 0 Å². The van der Waals surface area contributed by atoms with Crippen LogP contribution in [-0.4, -0.2) is 28.8 Å². The third kappa shape index (κ3) is 6.19. The maximum atomic E-state index is 14.3. The molecule has 0 saturated heterocycles. The van der Waals surface area contributed by atoms with E-state index in [1.807, 2.05) is 26.8 Å². The Bertz CT molecular complexity index is 871.